The second-order valence-electron chi connectivity index (χ2n) is 5.09. The molecular weight excluding hydrogens is 278 g/mol. The standard InChI is InChI=1S/C13H19N3OS2/c14-7-12-15-9(8-19-12)13(17)16-5-6-18-11-4-2-1-3-10(11)16/h8,10-11H,1-7,14H2. The lowest BCUT2D eigenvalue weighted by molar-refractivity contribution is 0.0641. The lowest BCUT2D eigenvalue weighted by Crippen LogP contribution is -2.51. The third kappa shape index (κ3) is 2.66. The molecular formula is C13H19N3OS2. The van der Waals surface area contributed by atoms with Gasteiger partial charge in [-0.25, -0.2) is 4.98 Å². The summed E-state index contributed by atoms with van der Waals surface area (Å²) in [5.41, 5.74) is 6.15. The second kappa shape index (κ2) is 5.81. The van der Waals surface area contributed by atoms with Crippen LogP contribution in [-0.2, 0) is 6.54 Å². The van der Waals surface area contributed by atoms with Crippen LogP contribution in [0.4, 0.5) is 0 Å². The van der Waals surface area contributed by atoms with E-state index in [-0.39, 0.29) is 5.91 Å². The van der Waals surface area contributed by atoms with Crippen molar-refractivity contribution in [1.82, 2.24) is 9.88 Å². The van der Waals surface area contributed by atoms with Gasteiger partial charge in [0, 0.05) is 35.5 Å². The van der Waals surface area contributed by atoms with Gasteiger partial charge in [0.25, 0.3) is 5.91 Å². The molecule has 2 atom stereocenters. The van der Waals surface area contributed by atoms with Crippen molar-refractivity contribution in [2.45, 2.75) is 43.5 Å². The Labute approximate surface area is 121 Å². The van der Waals surface area contributed by atoms with Gasteiger partial charge < -0.3 is 10.6 Å². The first-order valence-electron chi connectivity index (χ1n) is 6.86. The third-order valence-electron chi connectivity index (χ3n) is 3.94. The van der Waals surface area contributed by atoms with E-state index in [0.717, 1.165) is 23.7 Å². The Bertz CT molecular complexity index is 460. The van der Waals surface area contributed by atoms with Crippen molar-refractivity contribution in [3.8, 4) is 0 Å². The molecule has 104 valence electrons. The Balaban J connectivity index is 1.77. The molecule has 2 heterocycles. The van der Waals surface area contributed by atoms with Gasteiger partial charge in [0.15, 0.2) is 0 Å². The first kappa shape index (κ1) is 13.4. The normalized spacial score (nSPS) is 27.1. The summed E-state index contributed by atoms with van der Waals surface area (Å²) in [6.07, 6.45) is 4.96. The van der Waals surface area contributed by atoms with E-state index < -0.39 is 0 Å². The predicted molar refractivity (Wildman–Crippen MR) is 79.5 cm³/mol. The molecule has 19 heavy (non-hydrogen) atoms. The first-order chi connectivity index (χ1) is 9.29. The van der Waals surface area contributed by atoms with Gasteiger partial charge in [-0.2, -0.15) is 11.8 Å². The summed E-state index contributed by atoms with van der Waals surface area (Å²) in [5, 5.41) is 3.33. The number of rotatable bonds is 2. The molecule has 1 amide bonds. The van der Waals surface area contributed by atoms with E-state index in [1.807, 2.05) is 17.1 Å². The molecule has 2 N–H and O–H groups in total. The minimum atomic E-state index is 0.105. The molecule has 1 aromatic heterocycles. The van der Waals surface area contributed by atoms with Gasteiger partial charge in [-0.05, 0) is 12.8 Å². The third-order valence-corrected chi connectivity index (χ3v) is 6.21. The molecule has 1 aliphatic heterocycles. The summed E-state index contributed by atoms with van der Waals surface area (Å²) >= 11 is 3.52. The first-order valence-corrected chi connectivity index (χ1v) is 8.79. The molecule has 2 aliphatic rings. The predicted octanol–water partition coefficient (Wildman–Crippen LogP) is 2.10. The molecule has 1 aliphatic carbocycles. The van der Waals surface area contributed by atoms with Gasteiger partial charge in [0.2, 0.25) is 0 Å². The fourth-order valence-electron chi connectivity index (χ4n) is 3.00. The van der Waals surface area contributed by atoms with E-state index in [1.54, 1.807) is 0 Å². The lowest BCUT2D eigenvalue weighted by Gasteiger charge is -2.43. The van der Waals surface area contributed by atoms with Crippen molar-refractivity contribution in [3.63, 3.8) is 0 Å². The second-order valence-corrected chi connectivity index (χ2v) is 7.38. The minimum absolute atomic E-state index is 0.105. The molecule has 2 fully saturated rings. The van der Waals surface area contributed by atoms with Crippen LogP contribution in [0.15, 0.2) is 5.38 Å². The highest BCUT2D eigenvalue weighted by atomic mass is 32.2. The van der Waals surface area contributed by atoms with Gasteiger partial charge in [-0.15, -0.1) is 11.3 Å². The summed E-state index contributed by atoms with van der Waals surface area (Å²) in [4.78, 5) is 19.0. The number of carbonyl (C=O) groups excluding carboxylic acids is 1. The maximum Gasteiger partial charge on any atom is 0.273 e. The number of aromatic nitrogens is 1. The van der Waals surface area contributed by atoms with Crippen LogP contribution in [0.1, 0.15) is 41.2 Å². The number of fused-ring (bicyclic) bond motifs is 1. The fraction of sp³-hybridized carbons (Fsp3) is 0.692. The van der Waals surface area contributed by atoms with Crippen LogP contribution in [0.5, 0.6) is 0 Å². The molecule has 0 aromatic carbocycles. The van der Waals surface area contributed by atoms with E-state index in [9.17, 15) is 4.79 Å². The molecule has 1 aromatic rings. The number of carbonyl (C=O) groups is 1. The van der Waals surface area contributed by atoms with Crippen molar-refractivity contribution in [1.29, 1.82) is 0 Å². The maximum absolute atomic E-state index is 12.6. The molecule has 4 nitrogen and oxygen atoms in total. The summed E-state index contributed by atoms with van der Waals surface area (Å²) < 4.78 is 0. The lowest BCUT2D eigenvalue weighted by atomic mass is 9.93. The summed E-state index contributed by atoms with van der Waals surface area (Å²) in [6, 6.07) is 0.419. The Hall–Kier alpha value is -0.590. The average Bonchev–Trinajstić information content (AvgIpc) is 2.95. The van der Waals surface area contributed by atoms with Crippen LogP contribution in [0, 0.1) is 0 Å². The Kier molecular flexibility index (Phi) is 4.10. The van der Waals surface area contributed by atoms with Crippen molar-refractivity contribution in [3.05, 3.63) is 16.1 Å². The number of hydrogen-bond acceptors (Lipinski definition) is 5. The van der Waals surface area contributed by atoms with E-state index in [2.05, 4.69) is 9.88 Å². The molecule has 2 unspecified atom stereocenters. The Morgan fingerprint density at radius 2 is 2.32 bits per heavy atom. The van der Waals surface area contributed by atoms with Crippen molar-refractivity contribution in [2.24, 2.45) is 5.73 Å². The van der Waals surface area contributed by atoms with E-state index in [4.69, 9.17) is 5.73 Å². The average molecular weight is 297 g/mol. The van der Waals surface area contributed by atoms with E-state index >= 15 is 0 Å². The minimum Gasteiger partial charge on any atom is -0.332 e. The number of nitrogens with zero attached hydrogens (tertiary/aromatic N) is 2. The zero-order chi connectivity index (χ0) is 13.2. The van der Waals surface area contributed by atoms with Crippen LogP contribution in [-0.4, -0.2) is 39.4 Å². The van der Waals surface area contributed by atoms with E-state index in [1.165, 1.54) is 30.6 Å². The van der Waals surface area contributed by atoms with Crippen molar-refractivity contribution in [2.75, 3.05) is 12.3 Å². The zero-order valence-corrected chi connectivity index (χ0v) is 12.5. The number of thiazole rings is 1. The fourth-order valence-corrected chi connectivity index (χ4v) is 5.09. The highest BCUT2D eigenvalue weighted by Crippen LogP contribution is 2.36. The smallest absolute Gasteiger partial charge is 0.273 e. The van der Waals surface area contributed by atoms with Gasteiger partial charge in [-0.1, -0.05) is 12.8 Å². The van der Waals surface area contributed by atoms with Crippen LogP contribution < -0.4 is 5.73 Å². The molecule has 1 saturated carbocycles. The van der Waals surface area contributed by atoms with E-state index in [0.29, 0.717) is 23.5 Å². The topological polar surface area (TPSA) is 59.2 Å². The molecule has 0 radical (unpaired) electrons. The van der Waals surface area contributed by atoms with Crippen LogP contribution in [0.2, 0.25) is 0 Å². The van der Waals surface area contributed by atoms with Gasteiger partial charge in [0.1, 0.15) is 10.7 Å². The number of hydrogen-bond donors (Lipinski definition) is 1. The summed E-state index contributed by atoms with van der Waals surface area (Å²) in [5.74, 6) is 1.16. The number of nitrogens with two attached hydrogens (primary N) is 1. The van der Waals surface area contributed by atoms with Crippen molar-refractivity contribution < 1.29 is 4.79 Å². The van der Waals surface area contributed by atoms with Gasteiger partial charge in [0.05, 0.1) is 0 Å². The monoisotopic (exact) mass is 297 g/mol. The maximum atomic E-state index is 12.6. The number of amides is 1. The SMILES string of the molecule is NCc1nc(C(=O)N2CCSC3CCCCC32)cs1. The molecule has 3 rings (SSSR count). The quantitative estimate of drug-likeness (QED) is 0.908. The highest BCUT2D eigenvalue weighted by molar-refractivity contribution is 8.00. The Morgan fingerprint density at radius 3 is 3.11 bits per heavy atom. The zero-order valence-electron chi connectivity index (χ0n) is 10.9. The molecule has 0 spiro atoms. The largest absolute Gasteiger partial charge is 0.332 e. The van der Waals surface area contributed by atoms with Gasteiger partial charge in [-0.3, -0.25) is 4.79 Å². The van der Waals surface area contributed by atoms with Crippen LogP contribution in [0.25, 0.3) is 0 Å². The van der Waals surface area contributed by atoms with Crippen molar-refractivity contribution >= 4 is 29.0 Å². The van der Waals surface area contributed by atoms with Crippen LogP contribution in [0.3, 0.4) is 0 Å². The number of thioether (sulfide) groups is 1. The molecule has 6 heteroatoms. The van der Waals surface area contributed by atoms with Crippen LogP contribution >= 0.6 is 23.1 Å². The molecule has 0 bridgehead atoms. The highest BCUT2D eigenvalue weighted by Gasteiger charge is 2.37. The summed E-state index contributed by atoms with van der Waals surface area (Å²) in [7, 11) is 0. The Morgan fingerprint density at radius 1 is 1.47 bits per heavy atom. The van der Waals surface area contributed by atoms with Gasteiger partial charge >= 0.3 is 0 Å². The summed E-state index contributed by atoms with van der Waals surface area (Å²) in [6.45, 7) is 1.28. The molecule has 1 saturated heterocycles.